The number of hydrogen-bond donors (Lipinski definition) is 0. The van der Waals surface area contributed by atoms with Crippen molar-refractivity contribution in [2.75, 3.05) is 7.11 Å². The maximum atomic E-state index is 11.8. The fourth-order valence-corrected chi connectivity index (χ4v) is 2.26. The molecule has 0 radical (unpaired) electrons. The highest BCUT2D eigenvalue weighted by atomic mass is 16.7. The average molecular weight is 346 g/mol. The molecule has 10 heteroatoms. The zero-order valence-corrected chi connectivity index (χ0v) is 13.5. The molecule has 1 heterocycles. The number of carbonyl (C=O) groups excluding carboxylic acids is 5. The maximum absolute atomic E-state index is 11.8. The van der Waals surface area contributed by atoms with Crippen molar-refractivity contribution in [3.05, 3.63) is 0 Å². The van der Waals surface area contributed by atoms with Crippen molar-refractivity contribution >= 4 is 30.0 Å². The quantitative estimate of drug-likeness (QED) is 0.253. The molecule has 0 aliphatic carbocycles. The van der Waals surface area contributed by atoms with Gasteiger partial charge in [-0.25, -0.2) is 0 Å². The third-order valence-electron chi connectivity index (χ3n) is 3.03. The summed E-state index contributed by atoms with van der Waals surface area (Å²) in [5.41, 5.74) is 0. The Hall–Kier alpha value is -2.33. The van der Waals surface area contributed by atoms with Gasteiger partial charge >= 0.3 is 17.9 Å². The molecule has 1 aliphatic rings. The van der Waals surface area contributed by atoms with Crippen molar-refractivity contribution in [3.8, 4) is 0 Å². The molecule has 10 nitrogen and oxygen atoms in total. The molecule has 1 saturated heterocycles. The standard InChI is InChI=1S/C14H18O10/c1-6(16)21-11-10(9(19)5-15)24-14(20-4)13(23-8(3)18)12(11)22-7(2)17/h5,10-14H,1-4H3. The first-order valence-corrected chi connectivity index (χ1v) is 6.90. The first-order chi connectivity index (χ1) is 11.2. The lowest BCUT2D eigenvalue weighted by Crippen LogP contribution is -2.63. The molecule has 0 bridgehead atoms. The molecule has 1 fully saturated rings. The molecule has 0 N–H and O–H groups in total. The molecule has 1 aliphatic heterocycles. The van der Waals surface area contributed by atoms with Gasteiger partial charge < -0.3 is 23.7 Å². The first-order valence-electron chi connectivity index (χ1n) is 6.90. The summed E-state index contributed by atoms with van der Waals surface area (Å²) >= 11 is 0. The van der Waals surface area contributed by atoms with E-state index in [0.29, 0.717) is 0 Å². The van der Waals surface area contributed by atoms with Crippen molar-refractivity contribution in [2.24, 2.45) is 0 Å². The minimum atomic E-state index is -1.58. The van der Waals surface area contributed by atoms with Crippen LogP contribution in [0, 0.1) is 0 Å². The minimum absolute atomic E-state index is 0.0229. The number of methoxy groups -OCH3 is 1. The average Bonchev–Trinajstić information content (AvgIpc) is 2.48. The third kappa shape index (κ3) is 4.83. The molecule has 5 atom stereocenters. The third-order valence-corrected chi connectivity index (χ3v) is 3.03. The van der Waals surface area contributed by atoms with Crippen LogP contribution in [0.3, 0.4) is 0 Å². The maximum Gasteiger partial charge on any atom is 0.303 e. The predicted octanol–water partition coefficient (Wildman–Crippen LogP) is -1.08. The Labute approximate surface area is 137 Å². The van der Waals surface area contributed by atoms with Crippen LogP contribution in [0.25, 0.3) is 0 Å². The summed E-state index contributed by atoms with van der Waals surface area (Å²) in [6, 6.07) is 0. The van der Waals surface area contributed by atoms with E-state index >= 15 is 0 Å². The van der Waals surface area contributed by atoms with E-state index in [0.717, 1.165) is 20.8 Å². The summed E-state index contributed by atoms with van der Waals surface area (Å²) < 4.78 is 25.3. The number of ketones is 1. The molecule has 0 saturated carbocycles. The summed E-state index contributed by atoms with van der Waals surface area (Å²) in [6.07, 6.45) is -7.11. The Morgan fingerprint density at radius 2 is 1.29 bits per heavy atom. The van der Waals surface area contributed by atoms with E-state index in [9.17, 15) is 24.0 Å². The Bertz CT molecular complexity index is 528. The van der Waals surface area contributed by atoms with Crippen LogP contribution in [-0.4, -0.2) is 67.8 Å². The SMILES string of the molecule is COC1OC(C(=O)C=O)C(OC(C)=O)C(OC(C)=O)C1OC(C)=O. The van der Waals surface area contributed by atoms with Gasteiger partial charge in [0.15, 0.2) is 37.0 Å². The van der Waals surface area contributed by atoms with Crippen LogP contribution in [0.1, 0.15) is 20.8 Å². The molecule has 0 aromatic rings. The molecule has 0 amide bonds. The molecule has 24 heavy (non-hydrogen) atoms. The van der Waals surface area contributed by atoms with Crippen molar-refractivity contribution in [3.63, 3.8) is 0 Å². The van der Waals surface area contributed by atoms with Gasteiger partial charge in [0.2, 0.25) is 5.78 Å². The topological polar surface area (TPSA) is 132 Å². The van der Waals surface area contributed by atoms with E-state index < -0.39 is 54.4 Å². The van der Waals surface area contributed by atoms with E-state index in [2.05, 4.69) is 0 Å². The Morgan fingerprint density at radius 3 is 1.71 bits per heavy atom. The van der Waals surface area contributed by atoms with Gasteiger partial charge in [0.25, 0.3) is 0 Å². The first kappa shape index (κ1) is 19.7. The van der Waals surface area contributed by atoms with E-state index in [-0.39, 0.29) is 6.29 Å². The van der Waals surface area contributed by atoms with Crippen LogP contribution in [0.4, 0.5) is 0 Å². The van der Waals surface area contributed by atoms with Gasteiger partial charge in [-0.3, -0.25) is 24.0 Å². The summed E-state index contributed by atoms with van der Waals surface area (Å²) in [7, 11) is 1.20. The molecule has 134 valence electrons. The second-order valence-corrected chi connectivity index (χ2v) is 4.90. The lowest BCUT2D eigenvalue weighted by Gasteiger charge is -2.42. The lowest BCUT2D eigenvalue weighted by molar-refractivity contribution is -0.291. The number of Topliss-reactive ketones (excluding diaryl/α,β-unsaturated/α-hetero) is 1. The van der Waals surface area contributed by atoms with Crippen LogP contribution in [0.2, 0.25) is 0 Å². The van der Waals surface area contributed by atoms with Crippen molar-refractivity contribution in [2.45, 2.75) is 51.5 Å². The summed E-state index contributed by atoms with van der Waals surface area (Å²) in [5, 5.41) is 0. The van der Waals surface area contributed by atoms with Crippen molar-refractivity contribution in [1.29, 1.82) is 0 Å². The minimum Gasteiger partial charge on any atom is -0.455 e. The molecular formula is C14H18O10. The number of esters is 3. The predicted molar refractivity (Wildman–Crippen MR) is 73.4 cm³/mol. The van der Waals surface area contributed by atoms with Crippen molar-refractivity contribution in [1.82, 2.24) is 0 Å². The molecule has 1 rings (SSSR count). The molecule has 0 spiro atoms. The Morgan fingerprint density at radius 1 is 0.833 bits per heavy atom. The summed E-state index contributed by atoms with van der Waals surface area (Å²) in [5.74, 6) is -3.41. The van der Waals surface area contributed by atoms with Gasteiger partial charge in [0.05, 0.1) is 0 Å². The van der Waals surface area contributed by atoms with E-state index in [4.69, 9.17) is 23.7 Å². The van der Waals surface area contributed by atoms with E-state index in [1.54, 1.807) is 0 Å². The van der Waals surface area contributed by atoms with E-state index in [1.165, 1.54) is 7.11 Å². The van der Waals surface area contributed by atoms with Crippen LogP contribution < -0.4 is 0 Å². The zero-order chi connectivity index (χ0) is 18.4. The van der Waals surface area contributed by atoms with Gasteiger partial charge in [-0.05, 0) is 0 Å². The van der Waals surface area contributed by atoms with Gasteiger partial charge in [-0.15, -0.1) is 0 Å². The molecule has 0 aromatic carbocycles. The highest BCUT2D eigenvalue weighted by molar-refractivity contribution is 6.27. The number of aldehydes is 1. The molecule has 5 unspecified atom stereocenters. The number of hydrogen-bond acceptors (Lipinski definition) is 10. The smallest absolute Gasteiger partial charge is 0.303 e. The van der Waals surface area contributed by atoms with Crippen molar-refractivity contribution < 1.29 is 47.7 Å². The summed E-state index contributed by atoms with van der Waals surface area (Å²) in [6.45, 7) is 3.22. The fourth-order valence-electron chi connectivity index (χ4n) is 2.26. The lowest BCUT2D eigenvalue weighted by atomic mass is 9.95. The van der Waals surface area contributed by atoms with Crippen LogP contribution in [0.5, 0.6) is 0 Å². The highest BCUT2D eigenvalue weighted by Gasteiger charge is 2.54. The fraction of sp³-hybridized carbons (Fsp3) is 0.643. The van der Waals surface area contributed by atoms with Gasteiger partial charge in [0.1, 0.15) is 0 Å². The van der Waals surface area contributed by atoms with Crippen LogP contribution in [0.15, 0.2) is 0 Å². The Kier molecular flexibility index (Phi) is 6.98. The normalized spacial score (nSPS) is 29.2. The zero-order valence-electron chi connectivity index (χ0n) is 13.5. The monoisotopic (exact) mass is 346 g/mol. The Balaban J connectivity index is 3.30. The second kappa shape index (κ2) is 8.50. The van der Waals surface area contributed by atoms with Crippen LogP contribution in [-0.2, 0) is 47.7 Å². The summed E-state index contributed by atoms with van der Waals surface area (Å²) in [4.78, 5) is 56.6. The van der Waals surface area contributed by atoms with Gasteiger partial charge in [-0.1, -0.05) is 0 Å². The molecular weight excluding hydrogens is 328 g/mol. The van der Waals surface area contributed by atoms with Gasteiger partial charge in [0, 0.05) is 27.9 Å². The second-order valence-electron chi connectivity index (χ2n) is 4.90. The largest absolute Gasteiger partial charge is 0.455 e. The highest BCUT2D eigenvalue weighted by Crippen LogP contribution is 2.29. The molecule has 0 aromatic heterocycles. The number of rotatable bonds is 6. The number of ether oxygens (including phenoxy) is 5. The van der Waals surface area contributed by atoms with E-state index in [1.807, 2.05) is 0 Å². The van der Waals surface area contributed by atoms with Gasteiger partial charge in [-0.2, -0.15) is 0 Å². The number of carbonyl (C=O) groups is 5. The van der Waals surface area contributed by atoms with Crippen LogP contribution >= 0.6 is 0 Å².